The van der Waals surface area contributed by atoms with E-state index in [9.17, 15) is 14.4 Å². The molecular formula is C22H32N6O3S. The topological polar surface area (TPSA) is 116 Å². The quantitative estimate of drug-likeness (QED) is 0.249. The Labute approximate surface area is 193 Å². The monoisotopic (exact) mass is 460 g/mol. The van der Waals surface area contributed by atoms with Crippen LogP contribution in [0, 0.1) is 0 Å². The molecule has 10 heteroatoms. The molecule has 3 N–H and O–H groups in total. The first-order chi connectivity index (χ1) is 15.5. The summed E-state index contributed by atoms with van der Waals surface area (Å²) < 4.78 is 0. The van der Waals surface area contributed by atoms with Crippen molar-refractivity contribution in [1.29, 1.82) is 0 Å². The lowest BCUT2D eigenvalue weighted by molar-refractivity contribution is -0.121. The third kappa shape index (κ3) is 6.21. The predicted octanol–water partition coefficient (Wildman–Crippen LogP) is 1.59. The van der Waals surface area contributed by atoms with Crippen LogP contribution in [-0.2, 0) is 11.3 Å². The molecule has 0 saturated carbocycles. The van der Waals surface area contributed by atoms with Crippen molar-refractivity contribution in [2.24, 2.45) is 4.99 Å². The van der Waals surface area contributed by atoms with Gasteiger partial charge in [0.25, 0.3) is 5.91 Å². The zero-order valence-electron chi connectivity index (χ0n) is 18.5. The van der Waals surface area contributed by atoms with Gasteiger partial charge in [-0.1, -0.05) is 6.42 Å². The summed E-state index contributed by atoms with van der Waals surface area (Å²) in [5, 5.41) is 9.13. The minimum absolute atomic E-state index is 0.00737. The van der Waals surface area contributed by atoms with E-state index in [2.05, 4.69) is 32.6 Å². The fourth-order valence-electron chi connectivity index (χ4n) is 4.18. The molecule has 3 heterocycles. The fraction of sp³-hybridized carbons (Fsp3) is 0.591. The Morgan fingerprint density at radius 1 is 1.31 bits per heavy atom. The summed E-state index contributed by atoms with van der Waals surface area (Å²) in [6.07, 6.45) is 4.77. The van der Waals surface area contributed by atoms with Gasteiger partial charge in [0, 0.05) is 43.3 Å². The summed E-state index contributed by atoms with van der Waals surface area (Å²) in [6.45, 7) is 7.33. The minimum atomic E-state index is -0.224. The molecule has 9 nitrogen and oxygen atoms in total. The molecule has 3 rings (SSSR count). The van der Waals surface area contributed by atoms with Crippen LogP contribution in [0.5, 0.6) is 0 Å². The second-order valence-corrected chi connectivity index (χ2v) is 9.25. The molecule has 2 fully saturated rings. The number of urea groups is 1. The number of aromatic nitrogens is 1. The van der Waals surface area contributed by atoms with E-state index in [-0.39, 0.29) is 29.9 Å². The van der Waals surface area contributed by atoms with Crippen LogP contribution < -0.4 is 16.0 Å². The van der Waals surface area contributed by atoms with Gasteiger partial charge in [0.05, 0.1) is 29.9 Å². The summed E-state index contributed by atoms with van der Waals surface area (Å²) in [5.41, 5.74) is 1.23. The summed E-state index contributed by atoms with van der Waals surface area (Å²) in [4.78, 5) is 46.0. The van der Waals surface area contributed by atoms with Gasteiger partial charge in [-0.3, -0.25) is 19.6 Å². The number of hydrogen-bond donors (Lipinski definition) is 3. The molecule has 174 valence electrons. The second-order valence-electron chi connectivity index (χ2n) is 7.98. The van der Waals surface area contributed by atoms with Gasteiger partial charge < -0.3 is 20.9 Å². The highest BCUT2D eigenvalue weighted by molar-refractivity contribution is 8.00. The highest BCUT2D eigenvalue weighted by atomic mass is 32.2. The Bertz CT molecular complexity index is 818. The van der Waals surface area contributed by atoms with Crippen LogP contribution in [0.3, 0.4) is 0 Å². The zero-order chi connectivity index (χ0) is 22.9. The average Bonchev–Trinajstić information content (AvgIpc) is 3.32. The molecule has 1 aromatic rings. The molecule has 32 heavy (non-hydrogen) atoms. The summed E-state index contributed by atoms with van der Waals surface area (Å²) in [5.74, 6) is 0.737. The number of carbonyl (C=O) groups is 3. The lowest BCUT2D eigenvalue weighted by atomic mass is 10.0. The number of nitrogens with one attached hydrogen (secondary N) is 3. The third-order valence-corrected chi connectivity index (χ3v) is 7.28. The van der Waals surface area contributed by atoms with Crippen LogP contribution in [0.15, 0.2) is 23.3 Å². The van der Waals surface area contributed by atoms with Crippen LogP contribution in [0.25, 0.3) is 0 Å². The van der Waals surface area contributed by atoms with Crippen molar-refractivity contribution in [1.82, 2.24) is 25.8 Å². The minimum Gasteiger partial charge on any atom is -0.354 e. The molecule has 0 bridgehead atoms. The van der Waals surface area contributed by atoms with Crippen molar-refractivity contribution < 1.29 is 14.4 Å². The second kappa shape index (κ2) is 11.8. The highest BCUT2D eigenvalue weighted by Crippen LogP contribution is 2.37. The molecule has 1 aromatic heterocycles. The van der Waals surface area contributed by atoms with E-state index < -0.39 is 0 Å². The first-order valence-electron chi connectivity index (χ1n) is 11.1. The maximum Gasteiger partial charge on any atom is 0.318 e. The van der Waals surface area contributed by atoms with Gasteiger partial charge in [0.1, 0.15) is 0 Å². The first kappa shape index (κ1) is 24.0. The number of amides is 4. The number of hydrogen-bond acceptors (Lipinski definition) is 6. The SMILES string of the molecule is C=NCc1ccc(C(=O)NCCNC(=O)CCCCC2SCC3NC(=O)N(CC)C32)cn1. The Balaban J connectivity index is 1.26. The molecule has 0 spiro atoms. The van der Waals surface area contributed by atoms with Crippen LogP contribution in [0.4, 0.5) is 4.79 Å². The number of carbonyl (C=O) groups excluding carboxylic acids is 3. The van der Waals surface area contributed by atoms with Crippen molar-refractivity contribution in [3.8, 4) is 0 Å². The zero-order valence-corrected chi connectivity index (χ0v) is 19.3. The van der Waals surface area contributed by atoms with Gasteiger partial charge >= 0.3 is 6.03 Å². The molecule has 2 aliphatic heterocycles. The third-order valence-electron chi connectivity index (χ3n) is 5.79. The number of unbranched alkanes of at least 4 members (excludes halogenated alkanes) is 1. The average molecular weight is 461 g/mol. The van der Waals surface area contributed by atoms with Gasteiger partial charge in [-0.25, -0.2) is 4.79 Å². The van der Waals surface area contributed by atoms with Crippen LogP contribution >= 0.6 is 11.8 Å². The Hall–Kier alpha value is -2.62. The summed E-state index contributed by atoms with van der Waals surface area (Å²) in [7, 11) is 0. The molecule has 3 unspecified atom stereocenters. The van der Waals surface area contributed by atoms with Crippen molar-refractivity contribution in [3.05, 3.63) is 29.6 Å². The van der Waals surface area contributed by atoms with E-state index in [4.69, 9.17) is 0 Å². The van der Waals surface area contributed by atoms with E-state index in [1.54, 1.807) is 12.1 Å². The summed E-state index contributed by atoms with van der Waals surface area (Å²) in [6, 6.07) is 4.03. The number of rotatable bonds is 12. The van der Waals surface area contributed by atoms with Crippen LogP contribution in [-0.4, -0.2) is 77.2 Å². The molecule has 0 radical (unpaired) electrons. The van der Waals surface area contributed by atoms with Crippen molar-refractivity contribution in [2.45, 2.75) is 56.5 Å². The van der Waals surface area contributed by atoms with E-state index in [1.165, 1.54) is 6.20 Å². The number of nitrogens with zero attached hydrogens (tertiary/aromatic N) is 3. The highest BCUT2D eigenvalue weighted by Gasteiger charge is 2.47. The standard InChI is InChI=1S/C22H32N6O3S/c1-3-28-20-17(27-22(28)31)14-32-18(20)6-4-5-7-19(29)24-10-11-25-21(30)15-8-9-16(13-23-2)26-12-15/h8-9,12,17-18,20H,2-7,10-11,13-14H2,1H3,(H,24,29)(H,25,30)(H,27,31). The molecule has 2 saturated heterocycles. The van der Waals surface area contributed by atoms with Gasteiger partial charge in [-0.15, -0.1) is 0 Å². The lowest BCUT2D eigenvalue weighted by Gasteiger charge is -2.26. The molecule has 3 atom stereocenters. The molecule has 2 aliphatic rings. The number of aliphatic imine (C=N–C) groups is 1. The van der Waals surface area contributed by atoms with E-state index in [1.807, 2.05) is 23.6 Å². The molecule has 0 aliphatic carbocycles. The Kier molecular flexibility index (Phi) is 8.90. The van der Waals surface area contributed by atoms with Crippen LogP contribution in [0.1, 0.15) is 48.7 Å². The Morgan fingerprint density at radius 2 is 2.12 bits per heavy atom. The normalized spacial score (nSPS) is 21.7. The Morgan fingerprint density at radius 3 is 2.84 bits per heavy atom. The largest absolute Gasteiger partial charge is 0.354 e. The fourth-order valence-corrected chi connectivity index (χ4v) is 5.78. The predicted molar refractivity (Wildman–Crippen MR) is 126 cm³/mol. The van der Waals surface area contributed by atoms with Gasteiger partial charge in [-0.05, 0) is 38.6 Å². The van der Waals surface area contributed by atoms with Gasteiger partial charge in [0.15, 0.2) is 0 Å². The van der Waals surface area contributed by atoms with Crippen molar-refractivity contribution in [3.63, 3.8) is 0 Å². The van der Waals surface area contributed by atoms with Gasteiger partial charge in [0.2, 0.25) is 5.91 Å². The maximum atomic E-state index is 12.1. The smallest absolute Gasteiger partial charge is 0.318 e. The first-order valence-corrected chi connectivity index (χ1v) is 12.2. The number of likely N-dealkylation sites (N-methyl/N-ethyl adjacent to an activating group) is 1. The van der Waals surface area contributed by atoms with Crippen LogP contribution in [0.2, 0.25) is 0 Å². The maximum absolute atomic E-state index is 12.1. The number of fused-ring (bicyclic) bond motifs is 1. The van der Waals surface area contributed by atoms with E-state index >= 15 is 0 Å². The van der Waals surface area contributed by atoms with Crippen molar-refractivity contribution >= 4 is 36.3 Å². The number of pyridine rings is 1. The molecule has 0 aromatic carbocycles. The molecular weight excluding hydrogens is 428 g/mol. The van der Waals surface area contributed by atoms with Gasteiger partial charge in [-0.2, -0.15) is 11.8 Å². The lowest BCUT2D eigenvalue weighted by Crippen LogP contribution is -2.40. The van der Waals surface area contributed by atoms with Crippen molar-refractivity contribution in [2.75, 3.05) is 25.4 Å². The van der Waals surface area contributed by atoms with E-state index in [0.29, 0.717) is 36.9 Å². The number of thioether (sulfide) groups is 1. The molecule has 4 amide bonds. The summed E-state index contributed by atoms with van der Waals surface area (Å²) >= 11 is 1.93. The van der Waals surface area contributed by atoms with E-state index in [0.717, 1.165) is 37.3 Å².